The number of hydrogen-bond donors (Lipinski definition) is 0. The Hall–Kier alpha value is -2.59. The number of methoxy groups -OCH3 is 2. The number of aromatic nitrogens is 5. The lowest BCUT2D eigenvalue weighted by Crippen LogP contribution is -2.08. The Kier molecular flexibility index (Phi) is 6.52. The lowest BCUT2D eigenvalue weighted by atomic mass is 10.1. The number of hydrogen-bond acceptors (Lipinski definition) is 8. The van der Waals surface area contributed by atoms with Gasteiger partial charge in [-0.05, 0) is 18.7 Å². The van der Waals surface area contributed by atoms with Crippen molar-refractivity contribution in [2.45, 2.75) is 17.6 Å². The van der Waals surface area contributed by atoms with Gasteiger partial charge in [-0.2, -0.15) is 5.10 Å². The van der Waals surface area contributed by atoms with Crippen molar-refractivity contribution in [3.8, 4) is 34.0 Å². The van der Waals surface area contributed by atoms with Crippen LogP contribution in [0.4, 0.5) is 0 Å². The number of fused-ring (bicyclic) bond motifs is 1. The van der Waals surface area contributed by atoms with Gasteiger partial charge in [0, 0.05) is 41.6 Å². The normalized spacial score (nSPS) is 15.7. The molecule has 34 heavy (non-hydrogen) atoms. The molecule has 1 fully saturated rings. The van der Waals surface area contributed by atoms with E-state index in [9.17, 15) is 0 Å². The third kappa shape index (κ3) is 4.07. The van der Waals surface area contributed by atoms with E-state index >= 15 is 0 Å². The first-order valence-electron chi connectivity index (χ1n) is 10.5. The van der Waals surface area contributed by atoms with Crippen molar-refractivity contribution in [2.75, 3.05) is 33.7 Å². The second-order valence-corrected chi connectivity index (χ2v) is 9.19. The van der Waals surface area contributed by atoms with Crippen LogP contribution < -0.4 is 9.47 Å². The minimum Gasteiger partial charge on any atom is -0.495 e. The maximum absolute atomic E-state index is 6.70. The van der Waals surface area contributed by atoms with E-state index in [-0.39, 0.29) is 6.04 Å². The van der Waals surface area contributed by atoms with Crippen molar-refractivity contribution >= 4 is 45.9 Å². The molecule has 5 rings (SSSR count). The van der Waals surface area contributed by atoms with Crippen LogP contribution in [0.1, 0.15) is 12.5 Å². The van der Waals surface area contributed by atoms with Crippen LogP contribution in [0.3, 0.4) is 0 Å². The first-order valence-corrected chi connectivity index (χ1v) is 12.5. The predicted molar refractivity (Wildman–Crippen MR) is 133 cm³/mol. The zero-order chi connectivity index (χ0) is 23.8. The van der Waals surface area contributed by atoms with Gasteiger partial charge < -0.3 is 14.2 Å². The first-order chi connectivity index (χ1) is 16.5. The zero-order valence-electron chi connectivity index (χ0n) is 18.7. The summed E-state index contributed by atoms with van der Waals surface area (Å²) < 4.78 is 18.3. The van der Waals surface area contributed by atoms with Gasteiger partial charge in [0.05, 0.1) is 48.8 Å². The molecule has 1 aromatic carbocycles. The van der Waals surface area contributed by atoms with E-state index in [2.05, 4.69) is 10.1 Å². The molecular formula is C23H21Cl2N5O3S. The average molecular weight is 518 g/mol. The minimum atomic E-state index is 0.200. The molecule has 0 radical (unpaired) electrons. The molecule has 8 nitrogen and oxygen atoms in total. The number of thioether (sulfide) groups is 1. The molecule has 3 aromatic heterocycles. The van der Waals surface area contributed by atoms with E-state index in [1.807, 2.05) is 23.2 Å². The fourth-order valence-corrected chi connectivity index (χ4v) is 4.99. The van der Waals surface area contributed by atoms with Crippen LogP contribution in [-0.2, 0) is 4.74 Å². The second-order valence-electron chi connectivity index (χ2n) is 7.66. The number of halogens is 2. The summed E-state index contributed by atoms with van der Waals surface area (Å²) in [6.07, 6.45) is 8.39. The summed E-state index contributed by atoms with van der Waals surface area (Å²) in [4.78, 5) is 14.1. The lowest BCUT2D eigenvalue weighted by Gasteiger charge is -2.15. The van der Waals surface area contributed by atoms with Crippen molar-refractivity contribution in [1.82, 2.24) is 24.7 Å². The van der Waals surface area contributed by atoms with Gasteiger partial charge in [0.2, 0.25) is 0 Å². The van der Waals surface area contributed by atoms with E-state index in [0.717, 1.165) is 24.0 Å². The highest BCUT2D eigenvalue weighted by Gasteiger charge is 2.23. The highest BCUT2D eigenvalue weighted by Crippen LogP contribution is 2.46. The smallest absolute Gasteiger partial charge is 0.187 e. The molecule has 1 aliphatic rings. The molecule has 0 amide bonds. The molecule has 1 saturated heterocycles. The molecule has 0 N–H and O–H groups in total. The number of pyridine rings is 1. The lowest BCUT2D eigenvalue weighted by molar-refractivity contribution is 0.184. The zero-order valence-corrected chi connectivity index (χ0v) is 21.0. The summed E-state index contributed by atoms with van der Waals surface area (Å²) in [5.41, 5.74) is 3.25. The molecular weight excluding hydrogens is 497 g/mol. The van der Waals surface area contributed by atoms with Crippen molar-refractivity contribution in [2.24, 2.45) is 0 Å². The summed E-state index contributed by atoms with van der Waals surface area (Å²) >= 11 is 14.9. The summed E-state index contributed by atoms with van der Waals surface area (Å²) in [5.74, 6) is 0.869. The first kappa shape index (κ1) is 23.2. The molecule has 0 saturated carbocycles. The molecule has 11 heteroatoms. The Bertz CT molecular complexity index is 1350. The molecule has 4 heterocycles. The molecule has 1 aliphatic heterocycles. The third-order valence-corrected chi connectivity index (χ3v) is 7.02. The van der Waals surface area contributed by atoms with Crippen LogP contribution in [0.2, 0.25) is 10.0 Å². The van der Waals surface area contributed by atoms with Gasteiger partial charge in [-0.15, -0.1) is 0 Å². The Balaban J connectivity index is 1.75. The number of nitrogens with zero attached hydrogens (tertiary/aromatic N) is 5. The van der Waals surface area contributed by atoms with E-state index in [1.165, 1.54) is 26.0 Å². The van der Waals surface area contributed by atoms with Crippen LogP contribution in [-0.4, -0.2) is 58.4 Å². The van der Waals surface area contributed by atoms with Gasteiger partial charge in [-0.1, -0.05) is 35.0 Å². The fraction of sp³-hybridized carbons (Fsp3) is 0.304. The molecule has 0 spiro atoms. The van der Waals surface area contributed by atoms with Crippen molar-refractivity contribution in [1.29, 1.82) is 0 Å². The Labute approximate surface area is 210 Å². The van der Waals surface area contributed by atoms with Crippen LogP contribution in [0.15, 0.2) is 35.9 Å². The quantitative estimate of drug-likeness (QED) is 0.242. The number of ether oxygens (including phenoxy) is 3. The Morgan fingerprint density at radius 3 is 2.50 bits per heavy atom. The average Bonchev–Trinajstić information content (AvgIpc) is 3.56. The third-order valence-electron chi connectivity index (χ3n) is 5.71. The SMILES string of the molecule is COc1cc(OC)c(Cl)c(-c2cc3cnc(SC)nc3c(-c3cnn(C4CCOC4)c3)n2)c1Cl. The van der Waals surface area contributed by atoms with Crippen LogP contribution in [0.5, 0.6) is 11.5 Å². The fourth-order valence-electron chi connectivity index (χ4n) is 3.95. The van der Waals surface area contributed by atoms with Crippen molar-refractivity contribution < 1.29 is 14.2 Å². The second kappa shape index (κ2) is 9.58. The van der Waals surface area contributed by atoms with Gasteiger partial charge in [0.25, 0.3) is 0 Å². The molecule has 4 aromatic rings. The van der Waals surface area contributed by atoms with E-state index in [0.29, 0.717) is 55.8 Å². The summed E-state index contributed by atoms with van der Waals surface area (Å²) in [5, 5.41) is 6.70. The van der Waals surface area contributed by atoms with Gasteiger partial charge in [0.1, 0.15) is 22.7 Å². The van der Waals surface area contributed by atoms with Gasteiger partial charge >= 0.3 is 0 Å². The molecule has 0 bridgehead atoms. The van der Waals surface area contributed by atoms with Gasteiger partial charge in [-0.3, -0.25) is 4.68 Å². The number of rotatable bonds is 6. The highest BCUT2D eigenvalue weighted by molar-refractivity contribution is 7.98. The predicted octanol–water partition coefficient (Wildman–Crippen LogP) is 5.56. The van der Waals surface area contributed by atoms with E-state index < -0.39 is 0 Å². The molecule has 176 valence electrons. The van der Waals surface area contributed by atoms with Crippen LogP contribution >= 0.6 is 35.0 Å². The van der Waals surface area contributed by atoms with E-state index in [4.69, 9.17) is 47.4 Å². The topological polar surface area (TPSA) is 84.2 Å². The Morgan fingerprint density at radius 1 is 1.09 bits per heavy atom. The minimum absolute atomic E-state index is 0.200. The summed E-state index contributed by atoms with van der Waals surface area (Å²) in [6.45, 7) is 1.37. The number of benzene rings is 1. The van der Waals surface area contributed by atoms with Gasteiger partial charge in [-0.25, -0.2) is 15.0 Å². The largest absolute Gasteiger partial charge is 0.495 e. The summed E-state index contributed by atoms with van der Waals surface area (Å²) in [6, 6.07) is 3.72. The molecule has 1 unspecified atom stereocenters. The van der Waals surface area contributed by atoms with Crippen LogP contribution in [0.25, 0.3) is 33.4 Å². The standard InChI is InChI=1S/C23H21Cl2N5O3S/c1-31-16-7-17(32-2)20(25)18(19(16)24)15-6-12-8-26-23(34-3)29-21(12)22(28-15)13-9-27-30(10-13)14-4-5-33-11-14/h6-10,14H,4-5,11H2,1-3H3. The van der Waals surface area contributed by atoms with E-state index in [1.54, 1.807) is 18.5 Å². The maximum atomic E-state index is 6.70. The highest BCUT2D eigenvalue weighted by atomic mass is 35.5. The molecule has 1 atom stereocenters. The summed E-state index contributed by atoms with van der Waals surface area (Å²) in [7, 11) is 3.08. The van der Waals surface area contributed by atoms with Gasteiger partial charge in [0.15, 0.2) is 5.16 Å². The molecule has 0 aliphatic carbocycles. The monoisotopic (exact) mass is 517 g/mol. The van der Waals surface area contributed by atoms with Crippen molar-refractivity contribution in [3.63, 3.8) is 0 Å². The maximum Gasteiger partial charge on any atom is 0.187 e. The Morgan fingerprint density at radius 2 is 1.85 bits per heavy atom. The van der Waals surface area contributed by atoms with Crippen LogP contribution in [0, 0.1) is 0 Å². The van der Waals surface area contributed by atoms with Crippen molar-refractivity contribution in [3.05, 3.63) is 40.8 Å².